The van der Waals surface area contributed by atoms with Crippen molar-refractivity contribution >= 4 is 67.1 Å². The molecule has 1 aliphatic carbocycles. The lowest BCUT2D eigenvalue weighted by Crippen LogP contribution is -2.18. The van der Waals surface area contributed by atoms with Crippen molar-refractivity contribution in [2.45, 2.75) is 131 Å². The van der Waals surface area contributed by atoms with E-state index in [1.807, 2.05) is 0 Å². The van der Waals surface area contributed by atoms with E-state index >= 15 is 0 Å². The molecule has 9 aromatic carbocycles. The molecule has 0 radical (unpaired) electrons. The first-order valence-corrected chi connectivity index (χ1v) is 28.6. The summed E-state index contributed by atoms with van der Waals surface area (Å²) in [5.74, 6) is 0. The van der Waals surface area contributed by atoms with E-state index in [1.165, 1.54) is 55.6 Å². The predicted molar refractivity (Wildman–Crippen MR) is 341 cm³/mol. The summed E-state index contributed by atoms with van der Waals surface area (Å²) in [5.41, 5.74) is 23.6. The van der Waals surface area contributed by atoms with Gasteiger partial charge in [0.1, 0.15) is 0 Å². The number of hydrogen-bond acceptors (Lipinski definition) is 3. The highest BCUT2D eigenvalue weighted by Gasteiger charge is 2.36. The topological polar surface area (TPSA) is 9.72 Å². The average Bonchev–Trinajstić information content (AvgIpc) is 3.85. The Hall–Kier alpha value is -7.14. The molecule has 0 bridgehead atoms. The van der Waals surface area contributed by atoms with Crippen molar-refractivity contribution in [1.82, 2.24) is 0 Å². The van der Waals surface area contributed by atoms with E-state index in [-0.39, 0.29) is 27.1 Å². The van der Waals surface area contributed by atoms with Gasteiger partial charge in [0.25, 0.3) is 0 Å². The fraction of sp³-hybridized carbons (Fsp3) is 0.270. The molecule has 0 heterocycles. The van der Waals surface area contributed by atoms with Crippen molar-refractivity contribution < 1.29 is 0 Å². The Labute approximate surface area is 475 Å². The van der Waals surface area contributed by atoms with Crippen LogP contribution in [0.4, 0.5) is 51.2 Å². The number of aryl methyl sites for hydroxylation is 1. The zero-order valence-electron chi connectivity index (χ0n) is 48.8. The predicted octanol–water partition coefficient (Wildman–Crippen LogP) is 22.3. The quantitative estimate of drug-likeness (QED) is 0.135. The second-order valence-electron chi connectivity index (χ2n) is 26.3. The molecule has 396 valence electrons. The summed E-state index contributed by atoms with van der Waals surface area (Å²) in [5, 5.41) is 0. The molecular formula is C74H78BrN3. The van der Waals surface area contributed by atoms with Gasteiger partial charge in [-0.05, 0) is 197 Å². The Morgan fingerprint density at radius 3 is 1.21 bits per heavy atom. The van der Waals surface area contributed by atoms with Gasteiger partial charge in [-0.2, -0.15) is 0 Å². The molecule has 4 heteroatoms. The Bertz CT molecular complexity index is 3570. The summed E-state index contributed by atoms with van der Waals surface area (Å²) in [6, 6.07) is 75.4. The van der Waals surface area contributed by atoms with Crippen LogP contribution in [-0.4, -0.2) is 0 Å². The number of anilines is 9. The molecule has 0 N–H and O–H groups in total. The molecule has 0 aromatic heterocycles. The van der Waals surface area contributed by atoms with E-state index in [9.17, 15) is 0 Å². The minimum Gasteiger partial charge on any atom is -0.310 e. The number of nitrogens with zero attached hydrogens (tertiary/aromatic N) is 3. The van der Waals surface area contributed by atoms with Crippen LogP contribution in [0, 0.1) is 6.92 Å². The van der Waals surface area contributed by atoms with Crippen LogP contribution in [0.15, 0.2) is 205 Å². The fourth-order valence-corrected chi connectivity index (χ4v) is 11.8. The smallest absolute Gasteiger partial charge is 0.0657 e. The number of hydrogen-bond donors (Lipinski definition) is 0. The van der Waals surface area contributed by atoms with Gasteiger partial charge in [-0.15, -0.1) is 0 Å². The maximum Gasteiger partial charge on any atom is 0.0657 e. The molecule has 1 aliphatic rings. The Morgan fingerprint density at radius 2 is 0.692 bits per heavy atom. The largest absolute Gasteiger partial charge is 0.310 e. The van der Waals surface area contributed by atoms with E-state index in [4.69, 9.17) is 0 Å². The molecule has 0 atom stereocenters. The van der Waals surface area contributed by atoms with Gasteiger partial charge in [-0.25, -0.2) is 0 Å². The first-order valence-electron chi connectivity index (χ1n) is 27.8. The SMILES string of the molecule is Cc1cc(N(c2ccc(-c3ccc(C(C)(C)C)cc3)cc2)c2cccc(C(C)(C)C)c2)c(Br)c(N(c2cccc(N(c3ccc(C(C)(C)C)cc3)c3ccc(C(C)(C)C)cc3)c2)c2ccc3c(c2)C(C)(C)c2ccccc2-3)c1. The van der Waals surface area contributed by atoms with Crippen LogP contribution in [0.25, 0.3) is 22.3 Å². The van der Waals surface area contributed by atoms with E-state index in [0.29, 0.717) is 0 Å². The molecule has 0 unspecified atom stereocenters. The maximum atomic E-state index is 4.42. The second-order valence-corrected chi connectivity index (χ2v) is 27.1. The van der Waals surface area contributed by atoms with E-state index in [0.717, 1.165) is 61.2 Å². The molecule has 0 aliphatic heterocycles. The monoisotopic (exact) mass is 1090 g/mol. The van der Waals surface area contributed by atoms with Crippen molar-refractivity contribution in [3.05, 3.63) is 244 Å². The molecule has 78 heavy (non-hydrogen) atoms. The summed E-state index contributed by atoms with van der Waals surface area (Å²) < 4.78 is 0.983. The van der Waals surface area contributed by atoms with Gasteiger partial charge < -0.3 is 14.7 Å². The van der Waals surface area contributed by atoms with Gasteiger partial charge in [0.05, 0.1) is 15.8 Å². The number of rotatable bonds is 10. The molecule has 10 rings (SSSR count). The summed E-state index contributed by atoms with van der Waals surface area (Å²) in [6.45, 7) is 34.3. The number of halogens is 1. The van der Waals surface area contributed by atoms with Gasteiger partial charge in [-0.3, -0.25) is 0 Å². The molecule has 3 nitrogen and oxygen atoms in total. The zero-order valence-corrected chi connectivity index (χ0v) is 50.4. The van der Waals surface area contributed by atoms with E-state index < -0.39 is 0 Å². The third-order valence-electron chi connectivity index (χ3n) is 16.0. The average molecular weight is 1090 g/mol. The lowest BCUT2D eigenvalue weighted by molar-refractivity contribution is 0.590. The van der Waals surface area contributed by atoms with Gasteiger partial charge in [0, 0.05) is 45.2 Å². The van der Waals surface area contributed by atoms with Crippen molar-refractivity contribution in [2.24, 2.45) is 0 Å². The van der Waals surface area contributed by atoms with Gasteiger partial charge in [0.2, 0.25) is 0 Å². The first kappa shape index (κ1) is 54.2. The molecule has 0 saturated carbocycles. The van der Waals surface area contributed by atoms with E-state index in [2.05, 4.69) is 335 Å². The highest BCUT2D eigenvalue weighted by Crippen LogP contribution is 2.53. The lowest BCUT2D eigenvalue weighted by Gasteiger charge is -2.34. The summed E-state index contributed by atoms with van der Waals surface area (Å²) in [6.07, 6.45) is 0. The van der Waals surface area contributed by atoms with Gasteiger partial charge in [0.15, 0.2) is 0 Å². The van der Waals surface area contributed by atoms with Crippen molar-refractivity contribution in [2.75, 3.05) is 14.7 Å². The normalized spacial score (nSPS) is 13.2. The standard InChI is InChI=1S/C74H78BrN3/c1-49-44-67(77(59-21-18-20-55(46-59)73(11,12)13)58-36-28-51(29-37-58)50-26-30-52(31-27-50)70(2,3)4)69(75)68(45-49)78(62-42-43-64-63-24-16-17-25-65(63)74(14,15)66(64)48-62)61-23-19-22-60(47-61)76(56-38-32-53(33-39-56)71(5,6)7)57-40-34-54(35-41-57)72(8,9)10/h16-48H,1-15H3. The molecule has 0 saturated heterocycles. The van der Waals surface area contributed by atoms with Crippen LogP contribution >= 0.6 is 15.9 Å². The first-order chi connectivity index (χ1) is 36.8. The van der Waals surface area contributed by atoms with Crippen LogP contribution in [0.5, 0.6) is 0 Å². The molecular weight excluding hydrogens is 1010 g/mol. The summed E-state index contributed by atoms with van der Waals surface area (Å²) in [4.78, 5) is 7.32. The summed E-state index contributed by atoms with van der Waals surface area (Å²) >= 11 is 4.42. The fourth-order valence-electron chi connectivity index (χ4n) is 11.3. The lowest BCUT2D eigenvalue weighted by atomic mass is 9.82. The van der Waals surface area contributed by atoms with Gasteiger partial charge >= 0.3 is 0 Å². The summed E-state index contributed by atoms with van der Waals surface area (Å²) in [7, 11) is 0. The third-order valence-corrected chi connectivity index (χ3v) is 16.8. The minimum absolute atomic E-state index is 0.0251. The van der Waals surface area contributed by atoms with Crippen molar-refractivity contribution in [3.8, 4) is 22.3 Å². The Morgan fingerprint density at radius 1 is 0.321 bits per heavy atom. The minimum atomic E-state index is -0.199. The Balaban J connectivity index is 1.18. The van der Waals surface area contributed by atoms with Crippen LogP contribution in [0.3, 0.4) is 0 Å². The molecule has 0 fully saturated rings. The number of benzene rings is 9. The maximum absolute atomic E-state index is 4.42. The van der Waals surface area contributed by atoms with Crippen LogP contribution in [0.1, 0.15) is 136 Å². The van der Waals surface area contributed by atoms with Crippen molar-refractivity contribution in [1.29, 1.82) is 0 Å². The number of fused-ring (bicyclic) bond motifs is 3. The van der Waals surface area contributed by atoms with E-state index in [1.54, 1.807) is 0 Å². The highest BCUT2D eigenvalue weighted by molar-refractivity contribution is 9.10. The Kier molecular flexibility index (Phi) is 14.1. The molecule has 0 spiro atoms. The van der Waals surface area contributed by atoms with Crippen molar-refractivity contribution in [3.63, 3.8) is 0 Å². The van der Waals surface area contributed by atoms with Crippen LogP contribution in [-0.2, 0) is 27.1 Å². The van der Waals surface area contributed by atoms with Crippen LogP contribution in [0.2, 0.25) is 0 Å². The van der Waals surface area contributed by atoms with Gasteiger partial charge in [-0.1, -0.05) is 206 Å². The third kappa shape index (κ3) is 10.6. The molecule has 9 aromatic rings. The van der Waals surface area contributed by atoms with Crippen LogP contribution < -0.4 is 14.7 Å². The zero-order chi connectivity index (χ0) is 55.7. The highest BCUT2D eigenvalue weighted by atomic mass is 79.9. The molecule has 0 amide bonds. The second kappa shape index (κ2) is 20.3.